The number of pyridine rings is 2. The summed E-state index contributed by atoms with van der Waals surface area (Å²) in [5.74, 6) is 0.723. The van der Waals surface area contributed by atoms with Crippen LogP contribution in [0.4, 0.5) is 24.9 Å². The maximum absolute atomic E-state index is 13.0. The van der Waals surface area contributed by atoms with Crippen molar-refractivity contribution >= 4 is 22.8 Å². The van der Waals surface area contributed by atoms with Crippen LogP contribution < -0.4 is 10.6 Å². The number of anilines is 2. The molecule has 0 bridgehead atoms. The fourth-order valence-corrected chi connectivity index (χ4v) is 2.22. The molecule has 0 spiro atoms. The van der Waals surface area contributed by atoms with Gasteiger partial charge in [0.1, 0.15) is 11.5 Å². The number of aromatic nitrogens is 4. The van der Waals surface area contributed by atoms with E-state index in [4.69, 9.17) is 0 Å². The van der Waals surface area contributed by atoms with Crippen LogP contribution in [0, 0.1) is 0 Å². The molecule has 0 aliphatic rings. The molecule has 0 aliphatic heterocycles. The molecule has 0 fully saturated rings. The van der Waals surface area contributed by atoms with Crippen LogP contribution in [0.1, 0.15) is 11.3 Å². The van der Waals surface area contributed by atoms with Gasteiger partial charge in [0.25, 0.3) is 0 Å². The van der Waals surface area contributed by atoms with Gasteiger partial charge in [-0.3, -0.25) is 4.98 Å². The van der Waals surface area contributed by atoms with Gasteiger partial charge in [-0.25, -0.2) is 4.98 Å². The summed E-state index contributed by atoms with van der Waals surface area (Å²) in [7, 11) is 1.65. The van der Waals surface area contributed by atoms with Crippen LogP contribution in [-0.4, -0.2) is 27.0 Å². The Labute approximate surface area is 135 Å². The largest absolute Gasteiger partial charge is 0.433 e. The van der Waals surface area contributed by atoms with Gasteiger partial charge in [0.05, 0.1) is 5.39 Å². The molecule has 3 heterocycles. The standard InChI is InChI=1S/C15H13F3N6/c1-19-14-23-12-10(5-3-7-21-12)13(24-14)22-8-9-4-2-6-20-11(9)15(16,17)18/h2-7H,8H2,1H3,(H2,19,21,22,23,24). The third-order valence-corrected chi connectivity index (χ3v) is 3.30. The molecule has 0 aromatic carbocycles. The summed E-state index contributed by atoms with van der Waals surface area (Å²) in [6, 6.07) is 6.30. The normalized spacial score (nSPS) is 11.5. The van der Waals surface area contributed by atoms with E-state index in [0.717, 1.165) is 6.20 Å². The van der Waals surface area contributed by atoms with Gasteiger partial charge < -0.3 is 10.6 Å². The summed E-state index contributed by atoms with van der Waals surface area (Å²) in [4.78, 5) is 16.0. The zero-order chi connectivity index (χ0) is 17.2. The van der Waals surface area contributed by atoms with Crippen molar-refractivity contribution in [3.05, 3.63) is 47.9 Å². The smallest absolute Gasteiger partial charge is 0.365 e. The number of nitrogens with zero attached hydrogens (tertiary/aromatic N) is 4. The molecule has 0 saturated heterocycles. The van der Waals surface area contributed by atoms with Crippen LogP contribution in [-0.2, 0) is 12.7 Å². The van der Waals surface area contributed by atoms with Crippen LogP contribution in [0.2, 0.25) is 0 Å². The molecule has 0 atom stereocenters. The molecule has 0 amide bonds. The molecule has 124 valence electrons. The van der Waals surface area contributed by atoms with Crippen LogP contribution in [0.15, 0.2) is 36.7 Å². The van der Waals surface area contributed by atoms with E-state index in [2.05, 4.69) is 30.6 Å². The van der Waals surface area contributed by atoms with Gasteiger partial charge in [0.15, 0.2) is 5.65 Å². The summed E-state index contributed by atoms with van der Waals surface area (Å²) in [6.07, 6.45) is -1.80. The summed E-state index contributed by atoms with van der Waals surface area (Å²) >= 11 is 0. The minimum absolute atomic E-state index is 0.0339. The lowest BCUT2D eigenvalue weighted by Gasteiger charge is -2.13. The highest BCUT2D eigenvalue weighted by Gasteiger charge is 2.34. The third-order valence-electron chi connectivity index (χ3n) is 3.30. The number of hydrogen-bond acceptors (Lipinski definition) is 6. The molecule has 0 unspecified atom stereocenters. The minimum Gasteiger partial charge on any atom is -0.365 e. The summed E-state index contributed by atoms with van der Waals surface area (Å²) in [5, 5.41) is 6.34. The highest BCUT2D eigenvalue weighted by atomic mass is 19.4. The molecule has 0 saturated carbocycles. The Morgan fingerprint density at radius 2 is 1.79 bits per heavy atom. The van der Waals surface area contributed by atoms with Crippen molar-refractivity contribution in [1.82, 2.24) is 19.9 Å². The van der Waals surface area contributed by atoms with E-state index in [9.17, 15) is 13.2 Å². The van der Waals surface area contributed by atoms with Crippen molar-refractivity contribution in [3.8, 4) is 0 Å². The van der Waals surface area contributed by atoms with Gasteiger partial charge >= 0.3 is 6.18 Å². The molecule has 0 aliphatic carbocycles. The van der Waals surface area contributed by atoms with Crippen LogP contribution in [0.5, 0.6) is 0 Å². The van der Waals surface area contributed by atoms with Crippen LogP contribution >= 0.6 is 0 Å². The van der Waals surface area contributed by atoms with Crippen molar-refractivity contribution in [2.24, 2.45) is 0 Å². The fraction of sp³-hybridized carbons (Fsp3) is 0.200. The molecular formula is C15H13F3N6. The highest BCUT2D eigenvalue weighted by Crippen LogP contribution is 2.30. The summed E-state index contributed by atoms with van der Waals surface area (Å²) in [6.45, 7) is -0.0765. The van der Waals surface area contributed by atoms with E-state index in [1.165, 1.54) is 12.1 Å². The predicted molar refractivity (Wildman–Crippen MR) is 83.4 cm³/mol. The van der Waals surface area contributed by atoms with Gasteiger partial charge in [-0.05, 0) is 18.2 Å². The Morgan fingerprint density at radius 3 is 2.54 bits per heavy atom. The second-order valence-corrected chi connectivity index (χ2v) is 4.88. The van der Waals surface area contributed by atoms with Gasteiger partial charge in [0, 0.05) is 31.5 Å². The van der Waals surface area contributed by atoms with Crippen molar-refractivity contribution in [2.75, 3.05) is 17.7 Å². The first-order chi connectivity index (χ1) is 11.5. The lowest BCUT2D eigenvalue weighted by molar-refractivity contribution is -0.141. The first-order valence-corrected chi connectivity index (χ1v) is 7.04. The maximum Gasteiger partial charge on any atom is 0.433 e. The molecule has 3 aromatic rings. The molecule has 9 heteroatoms. The Balaban J connectivity index is 1.95. The third kappa shape index (κ3) is 3.19. The number of hydrogen-bond donors (Lipinski definition) is 2. The Hall–Kier alpha value is -2.97. The van der Waals surface area contributed by atoms with Gasteiger partial charge in [0.2, 0.25) is 5.95 Å². The average Bonchev–Trinajstić information content (AvgIpc) is 2.58. The van der Waals surface area contributed by atoms with Crippen molar-refractivity contribution in [3.63, 3.8) is 0 Å². The van der Waals surface area contributed by atoms with E-state index in [-0.39, 0.29) is 12.1 Å². The van der Waals surface area contributed by atoms with E-state index in [1.807, 2.05) is 0 Å². The summed E-state index contributed by atoms with van der Waals surface area (Å²) < 4.78 is 39.0. The monoisotopic (exact) mass is 334 g/mol. The number of halogens is 3. The average molecular weight is 334 g/mol. The Kier molecular flexibility index (Phi) is 4.15. The van der Waals surface area contributed by atoms with Gasteiger partial charge in [-0.15, -0.1) is 0 Å². The molecular weight excluding hydrogens is 321 g/mol. The first kappa shape index (κ1) is 15.9. The molecule has 3 rings (SSSR count). The zero-order valence-corrected chi connectivity index (χ0v) is 12.6. The molecule has 6 nitrogen and oxygen atoms in total. The van der Waals surface area contributed by atoms with Gasteiger partial charge in [-0.2, -0.15) is 23.1 Å². The SMILES string of the molecule is CNc1nc(NCc2cccnc2C(F)(F)F)c2cccnc2n1. The predicted octanol–water partition coefficient (Wildman–Crippen LogP) is 3.09. The maximum atomic E-state index is 13.0. The highest BCUT2D eigenvalue weighted by molar-refractivity contribution is 5.87. The van der Waals surface area contributed by atoms with Crippen LogP contribution in [0.3, 0.4) is 0 Å². The van der Waals surface area contributed by atoms with E-state index < -0.39 is 11.9 Å². The zero-order valence-electron chi connectivity index (χ0n) is 12.6. The Morgan fingerprint density at radius 1 is 1.04 bits per heavy atom. The van der Waals surface area contributed by atoms with E-state index >= 15 is 0 Å². The minimum atomic E-state index is -4.51. The van der Waals surface area contributed by atoms with E-state index in [0.29, 0.717) is 22.8 Å². The topological polar surface area (TPSA) is 75.6 Å². The molecule has 2 N–H and O–H groups in total. The number of fused-ring (bicyclic) bond motifs is 1. The lowest BCUT2D eigenvalue weighted by Crippen LogP contribution is -2.14. The molecule has 24 heavy (non-hydrogen) atoms. The quantitative estimate of drug-likeness (QED) is 0.764. The van der Waals surface area contributed by atoms with Crippen molar-refractivity contribution < 1.29 is 13.2 Å². The number of rotatable bonds is 4. The number of alkyl halides is 3. The van der Waals surface area contributed by atoms with E-state index in [1.54, 1.807) is 25.4 Å². The molecule has 0 radical (unpaired) electrons. The van der Waals surface area contributed by atoms with Crippen molar-refractivity contribution in [1.29, 1.82) is 0 Å². The van der Waals surface area contributed by atoms with Crippen molar-refractivity contribution in [2.45, 2.75) is 12.7 Å². The Bertz CT molecular complexity index is 865. The van der Waals surface area contributed by atoms with Gasteiger partial charge in [-0.1, -0.05) is 6.07 Å². The summed E-state index contributed by atoms with van der Waals surface area (Å²) in [5.41, 5.74) is -0.434. The first-order valence-electron chi connectivity index (χ1n) is 7.04. The fourth-order valence-electron chi connectivity index (χ4n) is 2.22. The lowest BCUT2D eigenvalue weighted by atomic mass is 10.2. The van der Waals surface area contributed by atoms with Crippen LogP contribution in [0.25, 0.3) is 11.0 Å². The number of nitrogens with one attached hydrogen (secondary N) is 2. The second-order valence-electron chi connectivity index (χ2n) is 4.88. The molecule has 3 aromatic heterocycles. The second kappa shape index (κ2) is 6.26.